The van der Waals surface area contributed by atoms with Crippen LogP contribution in [0, 0.1) is 5.82 Å². The third kappa shape index (κ3) is 2.62. The fraction of sp³-hybridized carbons (Fsp3) is 0.0909. The molecule has 0 saturated carbocycles. The summed E-state index contributed by atoms with van der Waals surface area (Å²) >= 11 is 6.10. The van der Waals surface area contributed by atoms with Crippen molar-refractivity contribution >= 4 is 31.9 Å². The molecule has 94 valence electrons. The molecule has 2 rings (SSSR count). The highest BCUT2D eigenvalue weighted by Gasteiger charge is 2.07. The van der Waals surface area contributed by atoms with Crippen molar-refractivity contribution in [2.45, 2.75) is 6.54 Å². The van der Waals surface area contributed by atoms with E-state index >= 15 is 0 Å². The smallest absolute Gasteiger partial charge is 0.313 e. The second-order valence-electron chi connectivity index (χ2n) is 3.58. The van der Waals surface area contributed by atoms with Gasteiger partial charge in [-0.3, -0.25) is 9.36 Å². The van der Waals surface area contributed by atoms with Gasteiger partial charge in [0.2, 0.25) is 0 Å². The van der Waals surface area contributed by atoms with E-state index in [9.17, 15) is 14.0 Å². The summed E-state index contributed by atoms with van der Waals surface area (Å²) in [6, 6.07) is 4.33. The van der Waals surface area contributed by atoms with Gasteiger partial charge in [0.1, 0.15) is 5.82 Å². The largest absolute Gasteiger partial charge is 0.328 e. The van der Waals surface area contributed by atoms with E-state index in [0.717, 1.165) is 4.57 Å². The maximum Gasteiger partial charge on any atom is 0.328 e. The number of aromatic amines is 1. The van der Waals surface area contributed by atoms with Gasteiger partial charge in [-0.1, -0.05) is 6.07 Å². The molecule has 7 heteroatoms. The van der Waals surface area contributed by atoms with Crippen LogP contribution in [-0.4, -0.2) is 9.55 Å². The Morgan fingerprint density at radius 1 is 1.22 bits per heavy atom. The molecule has 4 nitrogen and oxygen atoms in total. The molecular weight excluding hydrogens is 371 g/mol. The summed E-state index contributed by atoms with van der Waals surface area (Å²) in [6.07, 6.45) is 1.29. The van der Waals surface area contributed by atoms with E-state index in [1.165, 1.54) is 24.4 Å². The maximum atomic E-state index is 13.1. The molecule has 0 amide bonds. The summed E-state index contributed by atoms with van der Waals surface area (Å²) < 4.78 is 14.7. The van der Waals surface area contributed by atoms with Crippen LogP contribution in [-0.2, 0) is 6.54 Å². The number of rotatable bonds is 2. The first-order valence-electron chi connectivity index (χ1n) is 4.91. The minimum Gasteiger partial charge on any atom is -0.313 e. The minimum absolute atomic E-state index is 0.0759. The summed E-state index contributed by atoms with van der Waals surface area (Å²) in [6.45, 7) is 0.0759. The first-order chi connectivity index (χ1) is 8.49. The lowest BCUT2D eigenvalue weighted by Crippen LogP contribution is -2.35. The molecule has 1 N–H and O–H groups in total. The summed E-state index contributed by atoms with van der Waals surface area (Å²) in [5, 5.41) is 0. The summed E-state index contributed by atoms with van der Waals surface area (Å²) in [5.41, 5.74) is -0.295. The number of hydrogen-bond donors (Lipinski definition) is 1. The average molecular weight is 378 g/mol. The number of nitrogens with zero attached hydrogens (tertiary/aromatic N) is 1. The van der Waals surface area contributed by atoms with Crippen LogP contribution in [0.1, 0.15) is 5.56 Å². The van der Waals surface area contributed by atoms with Crippen molar-refractivity contribution in [2.24, 2.45) is 0 Å². The number of nitrogens with one attached hydrogen (secondary N) is 1. The fourth-order valence-corrected chi connectivity index (χ4v) is 2.20. The predicted octanol–water partition coefficient (Wildman–Crippen LogP) is 2.25. The molecule has 0 bridgehead atoms. The Kier molecular flexibility index (Phi) is 3.82. The van der Waals surface area contributed by atoms with Gasteiger partial charge in [0.15, 0.2) is 0 Å². The zero-order chi connectivity index (χ0) is 13.3. The van der Waals surface area contributed by atoms with E-state index in [0.29, 0.717) is 10.0 Å². The lowest BCUT2D eigenvalue weighted by atomic mass is 10.2. The van der Waals surface area contributed by atoms with E-state index < -0.39 is 17.1 Å². The Labute approximate surface area is 118 Å². The topological polar surface area (TPSA) is 54.9 Å². The molecular formula is C11H7Br2FN2O2. The van der Waals surface area contributed by atoms with Crippen LogP contribution in [0.25, 0.3) is 0 Å². The maximum absolute atomic E-state index is 13.1. The molecule has 0 radical (unpaired) electrons. The molecule has 0 spiro atoms. The van der Waals surface area contributed by atoms with Gasteiger partial charge < -0.3 is 4.98 Å². The molecule has 0 aliphatic rings. The van der Waals surface area contributed by atoms with Crippen LogP contribution in [0.5, 0.6) is 0 Å². The zero-order valence-corrected chi connectivity index (χ0v) is 12.1. The normalized spacial score (nSPS) is 10.6. The number of halogens is 3. The van der Waals surface area contributed by atoms with Crippen molar-refractivity contribution in [2.75, 3.05) is 0 Å². The molecule has 1 aromatic heterocycles. The molecule has 1 heterocycles. The van der Waals surface area contributed by atoms with Crippen molar-refractivity contribution in [3.63, 3.8) is 0 Å². The Balaban J connectivity index is 2.46. The van der Waals surface area contributed by atoms with E-state index in [2.05, 4.69) is 36.8 Å². The quantitative estimate of drug-likeness (QED) is 0.872. The van der Waals surface area contributed by atoms with Crippen molar-refractivity contribution in [3.05, 3.63) is 65.6 Å². The van der Waals surface area contributed by atoms with Crippen LogP contribution < -0.4 is 11.2 Å². The van der Waals surface area contributed by atoms with E-state index in [1.807, 2.05) is 0 Å². The third-order valence-electron chi connectivity index (χ3n) is 2.34. The van der Waals surface area contributed by atoms with Crippen molar-refractivity contribution in [3.8, 4) is 0 Å². The van der Waals surface area contributed by atoms with Gasteiger partial charge in [-0.05, 0) is 49.6 Å². The lowest BCUT2D eigenvalue weighted by Gasteiger charge is -2.05. The molecule has 0 fully saturated rings. The third-order valence-corrected chi connectivity index (χ3v) is 3.52. The standard InChI is InChI=1S/C11H7Br2FN2O2/c12-7-3-6(1-2-9(7)14)5-16-10(17)8(13)4-15-11(16)18/h1-4H,5H2,(H,15,18). The number of benzene rings is 1. The predicted molar refractivity (Wildman–Crippen MR) is 72.2 cm³/mol. The summed E-state index contributed by atoms with van der Waals surface area (Å²) in [4.78, 5) is 25.7. The van der Waals surface area contributed by atoms with Crippen LogP contribution in [0.4, 0.5) is 4.39 Å². The molecule has 2 aromatic rings. The molecule has 18 heavy (non-hydrogen) atoms. The molecule has 0 aliphatic heterocycles. The fourth-order valence-electron chi connectivity index (χ4n) is 1.45. The van der Waals surface area contributed by atoms with Gasteiger partial charge >= 0.3 is 5.69 Å². The van der Waals surface area contributed by atoms with E-state index in [1.54, 1.807) is 0 Å². The van der Waals surface area contributed by atoms with Crippen LogP contribution >= 0.6 is 31.9 Å². The van der Waals surface area contributed by atoms with Gasteiger partial charge in [-0.15, -0.1) is 0 Å². The number of aromatic nitrogens is 2. The second-order valence-corrected chi connectivity index (χ2v) is 5.29. The zero-order valence-electron chi connectivity index (χ0n) is 8.91. The van der Waals surface area contributed by atoms with E-state index in [-0.39, 0.29) is 11.0 Å². The van der Waals surface area contributed by atoms with Gasteiger partial charge in [0, 0.05) is 6.20 Å². The highest BCUT2D eigenvalue weighted by molar-refractivity contribution is 9.10. The first-order valence-corrected chi connectivity index (χ1v) is 6.49. The Hall–Kier alpha value is -1.21. The lowest BCUT2D eigenvalue weighted by molar-refractivity contribution is 0.618. The highest BCUT2D eigenvalue weighted by atomic mass is 79.9. The Bertz CT molecular complexity index is 709. The van der Waals surface area contributed by atoms with Gasteiger partial charge in [0.05, 0.1) is 15.5 Å². The molecule has 0 aliphatic carbocycles. The van der Waals surface area contributed by atoms with Gasteiger partial charge in [-0.2, -0.15) is 0 Å². The summed E-state index contributed by atoms with van der Waals surface area (Å²) in [5.74, 6) is -0.394. The molecule has 0 unspecified atom stereocenters. The molecule has 0 saturated heterocycles. The van der Waals surface area contributed by atoms with Gasteiger partial charge in [-0.25, -0.2) is 9.18 Å². The number of H-pyrrole nitrogens is 1. The molecule has 0 atom stereocenters. The summed E-state index contributed by atoms with van der Waals surface area (Å²) in [7, 11) is 0. The van der Waals surface area contributed by atoms with Crippen molar-refractivity contribution < 1.29 is 4.39 Å². The van der Waals surface area contributed by atoms with Crippen LogP contribution in [0.2, 0.25) is 0 Å². The Morgan fingerprint density at radius 3 is 2.61 bits per heavy atom. The first kappa shape index (κ1) is 13.2. The van der Waals surface area contributed by atoms with Crippen molar-refractivity contribution in [1.82, 2.24) is 9.55 Å². The molecule has 1 aromatic carbocycles. The monoisotopic (exact) mass is 376 g/mol. The number of hydrogen-bond acceptors (Lipinski definition) is 2. The van der Waals surface area contributed by atoms with Crippen LogP contribution in [0.15, 0.2) is 42.9 Å². The Morgan fingerprint density at radius 2 is 1.94 bits per heavy atom. The van der Waals surface area contributed by atoms with Crippen molar-refractivity contribution in [1.29, 1.82) is 0 Å². The minimum atomic E-state index is -0.511. The highest BCUT2D eigenvalue weighted by Crippen LogP contribution is 2.17. The van der Waals surface area contributed by atoms with Gasteiger partial charge in [0.25, 0.3) is 5.56 Å². The SMILES string of the molecule is O=c1[nH]cc(Br)c(=O)n1Cc1ccc(F)c(Br)c1. The van der Waals surface area contributed by atoms with Crippen LogP contribution in [0.3, 0.4) is 0 Å². The second kappa shape index (κ2) is 5.19. The van der Waals surface area contributed by atoms with E-state index in [4.69, 9.17) is 0 Å². The average Bonchev–Trinajstić information content (AvgIpc) is 2.34.